The minimum Gasteiger partial charge on any atom is -0.497 e. The van der Waals surface area contributed by atoms with Gasteiger partial charge in [0.05, 0.1) is 9.99 Å². The van der Waals surface area contributed by atoms with Gasteiger partial charge in [0.15, 0.2) is 0 Å². The average molecular weight is 424 g/mol. The number of halogens is 1. The molecule has 3 aromatic rings. The lowest BCUT2D eigenvalue weighted by Gasteiger charge is -1.98. The molecule has 0 aliphatic heterocycles. The molecule has 0 amide bonds. The summed E-state index contributed by atoms with van der Waals surface area (Å²) in [5, 5.41) is 0. The van der Waals surface area contributed by atoms with Gasteiger partial charge in [0.1, 0.15) is 5.75 Å². The molecule has 2 aromatic heterocycles. The maximum Gasteiger partial charge on any atom is 0.118 e. The Hall–Kier alpha value is -1.11. The Morgan fingerprint density at radius 1 is 0.857 bits per heavy atom. The van der Waals surface area contributed by atoms with E-state index in [4.69, 9.17) is 4.74 Å². The average Bonchev–Trinajstić information content (AvgIpc) is 3.14. The first-order valence-electron chi connectivity index (χ1n) is 6.42. The van der Waals surface area contributed by atoms with Gasteiger partial charge in [-0.25, -0.2) is 0 Å². The van der Waals surface area contributed by atoms with E-state index in [1.807, 2.05) is 34.8 Å². The Morgan fingerprint density at radius 2 is 1.57 bits per heavy atom. The van der Waals surface area contributed by atoms with Gasteiger partial charge in [0, 0.05) is 14.6 Å². The summed E-state index contributed by atoms with van der Waals surface area (Å²) in [5.74, 6) is 0.887. The van der Waals surface area contributed by atoms with Crippen LogP contribution in [0.25, 0.3) is 21.9 Å². The van der Waals surface area contributed by atoms with Crippen molar-refractivity contribution in [2.24, 2.45) is 0 Å². The van der Waals surface area contributed by atoms with Gasteiger partial charge >= 0.3 is 0 Å². The fraction of sp³-hybridized carbons (Fsp3) is 0.0588. The third-order valence-corrected chi connectivity index (χ3v) is 6.14. The largest absolute Gasteiger partial charge is 0.497 e. The van der Waals surface area contributed by atoms with Crippen molar-refractivity contribution in [2.45, 2.75) is 0 Å². The maximum absolute atomic E-state index is 5.16. The minimum atomic E-state index is 0.887. The number of rotatable bonds is 4. The van der Waals surface area contributed by atoms with Crippen LogP contribution in [0.4, 0.5) is 0 Å². The molecule has 21 heavy (non-hydrogen) atoms. The summed E-state index contributed by atoms with van der Waals surface area (Å²) in [6.45, 7) is 0. The van der Waals surface area contributed by atoms with Crippen molar-refractivity contribution >= 4 is 57.4 Å². The van der Waals surface area contributed by atoms with Crippen molar-refractivity contribution in [3.63, 3.8) is 0 Å². The van der Waals surface area contributed by atoms with E-state index in [0.29, 0.717) is 0 Å². The summed E-state index contributed by atoms with van der Waals surface area (Å²) in [6.07, 6.45) is 4.29. The van der Waals surface area contributed by atoms with Gasteiger partial charge in [-0.1, -0.05) is 18.2 Å². The number of methoxy groups -OCH3 is 1. The van der Waals surface area contributed by atoms with Crippen molar-refractivity contribution in [3.05, 3.63) is 61.9 Å². The van der Waals surface area contributed by atoms with E-state index in [9.17, 15) is 0 Å². The molecule has 0 saturated heterocycles. The van der Waals surface area contributed by atoms with Gasteiger partial charge < -0.3 is 4.74 Å². The van der Waals surface area contributed by atoms with Crippen LogP contribution in [-0.4, -0.2) is 7.11 Å². The molecule has 0 radical (unpaired) electrons. The lowest BCUT2D eigenvalue weighted by Crippen LogP contribution is -1.81. The molecule has 2 heterocycles. The molecule has 0 unspecified atom stereocenters. The van der Waals surface area contributed by atoms with Crippen LogP contribution in [0.3, 0.4) is 0 Å². The number of benzene rings is 1. The summed E-state index contributed by atoms with van der Waals surface area (Å²) >= 11 is 6.02. The van der Waals surface area contributed by atoms with Crippen LogP contribution in [0.5, 0.6) is 5.75 Å². The smallest absolute Gasteiger partial charge is 0.118 e. The third kappa shape index (κ3) is 3.75. The fourth-order valence-corrected chi connectivity index (χ4v) is 4.54. The summed E-state index contributed by atoms with van der Waals surface area (Å²) in [6, 6.07) is 16.8. The number of thiophene rings is 2. The van der Waals surface area contributed by atoms with E-state index < -0.39 is 0 Å². The van der Waals surface area contributed by atoms with Crippen LogP contribution < -0.4 is 4.74 Å². The third-order valence-electron chi connectivity index (χ3n) is 3.00. The maximum atomic E-state index is 5.16. The lowest BCUT2D eigenvalue weighted by molar-refractivity contribution is 0.415. The molecule has 0 N–H and O–H groups in total. The van der Waals surface area contributed by atoms with Gasteiger partial charge in [-0.15, -0.1) is 22.7 Å². The van der Waals surface area contributed by atoms with Crippen molar-refractivity contribution in [2.75, 3.05) is 7.11 Å². The monoisotopic (exact) mass is 424 g/mol. The molecular weight excluding hydrogens is 411 g/mol. The highest BCUT2D eigenvalue weighted by molar-refractivity contribution is 14.1. The van der Waals surface area contributed by atoms with E-state index >= 15 is 0 Å². The van der Waals surface area contributed by atoms with Crippen LogP contribution in [0, 0.1) is 2.88 Å². The summed E-state index contributed by atoms with van der Waals surface area (Å²) in [5.41, 5.74) is 1.18. The second-order valence-electron chi connectivity index (χ2n) is 4.41. The minimum absolute atomic E-state index is 0.887. The van der Waals surface area contributed by atoms with E-state index in [1.165, 1.54) is 23.1 Å². The number of ether oxygens (including phenoxy) is 1. The SMILES string of the molecule is COc1ccc(/C=C/c2ccc(-c3ccc(I)s3)s2)cc1. The van der Waals surface area contributed by atoms with E-state index in [0.717, 1.165) is 5.75 Å². The molecule has 1 aromatic carbocycles. The first kappa shape index (κ1) is 14.8. The Labute approximate surface area is 146 Å². The molecule has 0 spiro atoms. The van der Waals surface area contributed by atoms with Crippen molar-refractivity contribution in [1.82, 2.24) is 0 Å². The van der Waals surface area contributed by atoms with E-state index in [-0.39, 0.29) is 0 Å². The quantitative estimate of drug-likeness (QED) is 0.449. The van der Waals surface area contributed by atoms with Gasteiger partial charge in [0.25, 0.3) is 0 Å². The molecule has 0 saturated carbocycles. The van der Waals surface area contributed by atoms with Crippen LogP contribution in [0.15, 0.2) is 48.5 Å². The van der Waals surface area contributed by atoms with Crippen LogP contribution in [0.2, 0.25) is 0 Å². The van der Waals surface area contributed by atoms with Crippen molar-refractivity contribution in [1.29, 1.82) is 0 Å². The van der Waals surface area contributed by atoms with Crippen LogP contribution in [-0.2, 0) is 0 Å². The molecular formula is C17H13IOS2. The Balaban J connectivity index is 1.75. The predicted octanol–water partition coefficient (Wildman–Crippen LogP) is 6.26. The molecule has 0 atom stereocenters. The van der Waals surface area contributed by atoms with E-state index in [2.05, 4.69) is 71.1 Å². The molecule has 3 rings (SSSR count). The molecule has 1 nitrogen and oxygen atoms in total. The zero-order valence-corrected chi connectivity index (χ0v) is 15.2. The van der Waals surface area contributed by atoms with Crippen LogP contribution >= 0.6 is 45.3 Å². The first-order chi connectivity index (χ1) is 10.2. The van der Waals surface area contributed by atoms with Gasteiger partial charge in [-0.05, 0) is 70.6 Å². The van der Waals surface area contributed by atoms with Gasteiger partial charge in [0.2, 0.25) is 0 Å². The number of hydrogen-bond donors (Lipinski definition) is 0. The molecule has 0 fully saturated rings. The summed E-state index contributed by atoms with van der Waals surface area (Å²) in [4.78, 5) is 3.94. The highest BCUT2D eigenvalue weighted by Crippen LogP contribution is 2.34. The zero-order valence-electron chi connectivity index (χ0n) is 11.4. The molecule has 0 aliphatic rings. The Bertz CT molecular complexity index is 753. The second-order valence-corrected chi connectivity index (χ2v) is 8.51. The fourth-order valence-electron chi connectivity index (χ4n) is 1.91. The number of hydrogen-bond acceptors (Lipinski definition) is 3. The standard InChI is InChI=1S/C17H13IOS2/c1-19-13-5-2-12(3-6-13)4-7-14-8-9-15(20-14)16-10-11-17(18)21-16/h2-11H,1H3/b7-4+. The highest BCUT2D eigenvalue weighted by Gasteiger charge is 2.03. The van der Waals surface area contributed by atoms with Gasteiger partial charge in [-0.3, -0.25) is 0 Å². The Morgan fingerprint density at radius 3 is 2.24 bits per heavy atom. The molecule has 106 valence electrons. The highest BCUT2D eigenvalue weighted by atomic mass is 127. The summed E-state index contributed by atoms with van der Waals surface area (Å²) in [7, 11) is 1.68. The zero-order chi connectivity index (χ0) is 14.7. The predicted molar refractivity (Wildman–Crippen MR) is 102 cm³/mol. The van der Waals surface area contributed by atoms with Crippen molar-refractivity contribution in [3.8, 4) is 15.5 Å². The Kier molecular flexibility index (Phi) is 4.77. The second kappa shape index (κ2) is 6.77. The topological polar surface area (TPSA) is 9.23 Å². The molecule has 0 aliphatic carbocycles. The first-order valence-corrected chi connectivity index (χ1v) is 9.13. The summed E-state index contributed by atoms with van der Waals surface area (Å²) < 4.78 is 6.49. The van der Waals surface area contributed by atoms with Gasteiger partial charge in [-0.2, -0.15) is 0 Å². The lowest BCUT2D eigenvalue weighted by atomic mass is 10.2. The van der Waals surface area contributed by atoms with E-state index in [1.54, 1.807) is 7.11 Å². The van der Waals surface area contributed by atoms with Crippen molar-refractivity contribution < 1.29 is 4.74 Å². The van der Waals surface area contributed by atoms with Crippen LogP contribution in [0.1, 0.15) is 10.4 Å². The molecule has 4 heteroatoms. The molecule has 0 bridgehead atoms. The normalized spacial score (nSPS) is 11.1.